The van der Waals surface area contributed by atoms with Gasteiger partial charge in [0.05, 0.1) is 12.6 Å². The Morgan fingerprint density at radius 3 is 2.93 bits per heavy atom. The summed E-state index contributed by atoms with van der Waals surface area (Å²) in [6, 6.07) is 17.1. The lowest BCUT2D eigenvalue weighted by Crippen LogP contribution is -2.19. The molecule has 0 radical (unpaired) electrons. The van der Waals surface area contributed by atoms with Gasteiger partial charge in [-0.05, 0) is 34.5 Å². The van der Waals surface area contributed by atoms with Crippen molar-refractivity contribution in [2.45, 2.75) is 6.42 Å². The minimum absolute atomic E-state index is 0.148. The van der Waals surface area contributed by atoms with Crippen molar-refractivity contribution >= 4 is 22.9 Å². The van der Waals surface area contributed by atoms with Crippen LogP contribution >= 0.6 is 0 Å². The van der Waals surface area contributed by atoms with Gasteiger partial charge in [-0.25, -0.2) is 5.43 Å². The maximum atomic E-state index is 12.3. The number of fused-ring (bicyclic) bond motifs is 2. The molecule has 0 unspecified atom stereocenters. The molecule has 1 aliphatic rings. The van der Waals surface area contributed by atoms with Crippen molar-refractivity contribution in [2.24, 2.45) is 5.10 Å². The van der Waals surface area contributed by atoms with Crippen molar-refractivity contribution in [1.82, 2.24) is 5.43 Å². The van der Waals surface area contributed by atoms with Crippen molar-refractivity contribution in [3.05, 3.63) is 65.7 Å². The van der Waals surface area contributed by atoms with Gasteiger partial charge < -0.3 is 14.2 Å². The molecule has 0 saturated carbocycles. The maximum absolute atomic E-state index is 12.3. The molecular weight excluding hydrogens is 368 g/mol. The van der Waals surface area contributed by atoms with Gasteiger partial charge in [-0.15, -0.1) is 6.42 Å². The Hall–Kier alpha value is -3.98. The average Bonchev–Trinajstić information content (AvgIpc) is 3.20. The molecule has 29 heavy (non-hydrogen) atoms. The van der Waals surface area contributed by atoms with Crippen molar-refractivity contribution in [3.63, 3.8) is 0 Å². The van der Waals surface area contributed by atoms with E-state index >= 15 is 0 Å². The summed E-state index contributed by atoms with van der Waals surface area (Å²) in [6.45, 7) is 0.347. The molecule has 6 nitrogen and oxygen atoms in total. The summed E-state index contributed by atoms with van der Waals surface area (Å²) in [7, 11) is 0. The highest BCUT2D eigenvalue weighted by molar-refractivity contribution is 6.02. The van der Waals surface area contributed by atoms with Crippen LogP contribution in [0.25, 0.3) is 10.8 Å². The number of carbonyl (C=O) groups excluding carboxylic acids is 1. The van der Waals surface area contributed by atoms with E-state index in [2.05, 4.69) is 16.4 Å². The zero-order valence-electron chi connectivity index (χ0n) is 15.6. The van der Waals surface area contributed by atoms with E-state index in [1.54, 1.807) is 18.3 Å². The van der Waals surface area contributed by atoms with Crippen LogP contribution in [0, 0.1) is 12.3 Å². The summed E-state index contributed by atoms with van der Waals surface area (Å²) < 4.78 is 16.2. The quantitative estimate of drug-likeness (QED) is 0.401. The van der Waals surface area contributed by atoms with E-state index in [0.29, 0.717) is 17.2 Å². The highest BCUT2D eigenvalue weighted by atomic mass is 16.7. The average molecular weight is 386 g/mol. The Labute approximate surface area is 168 Å². The van der Waals surface area contributed by atoms with E-state index in [1.807, 2.05) is 42.5 Å². The van der Waals surface area contributed by atoms with Crippen LogP contribution in [0.1, 0.15) is 11.1 Å². The summed E-state index contributed by atoms with van der Waals surface area (Å²) in [5.41, 5.74) is 4.12. The van der Waals surface area contributed by atoms with Gasteiger partial charge in [0.15, 0.2) is 11.5 Å². The standard InChI is InChI=1S/C23H18N2O4/c1-2-11-27-20-10-8-17-5-3-4-6-18(17)19(20)14-24-25-23(26)13-16-7-9-21-22(12-16)29-15-28-21/h1,3-10,12,14H,11,13,15H2,(H,25,26)/b24-14+. The zero-order chi connectivity index (χ0) is 20.1. The largest absolute Gasteiger partial charge is 0.480 e. The monoisotopic (exact) mass is 386 g/mol. The van der Waals surface area contributed by atoms with Crippen LogP contribution in [0.5, 0.6) is 17.2 Å². The van der Waals surface area contributed by atoms with E-state index in [4.69, 9.17) is 20.6 Å². The smallest absolute Gasteiger partial charge is 0.244 e. The Bertz CT molecular complexity index is 1130. The fourth-order valence-electron chi connectivity index (χ4n) is 3.10. The molecule has 1 amide bonds. The highest BCUT2D eigenvalue weighted by Gasteiger charge is 2.14. The maximum Gasteiger partial charge on any atom is 0.244 e. The molecule has 0 spiro atoms. The van der Waals surface area contributed by atoms with Gasteiger partial charge in [0.1, 0.15) is 12.4 Å². The predicted molar refractivity (Wildman–Crippen MR) is 110 cm³/mol. The van der Waals surface area contributed by atoms with E-state index in [1.165, 1.54) is 0 Å². The minimum Gasteiger partial charge on any atom is -0.480 e. The van der Waals surface area contributed by atoms with Gasteiger partial charge in [0.25, 0.3) is 0 Å². The molecule has 144 valence electrons. The molecule has 0 aromatic heterocycles. The molecule has 1 heterocycles. The third kappa shape index (κ3) is 4.14. The number of hydrogen-bond donors (Lipinski definition) is 1. The van der Waals surface area contributed by atoms with E-state index in [-0.39, 0.29) is 25.7 Å². The van der Waals surface area contributed by atoms with Gasteiger partial charge in [-0.2, -0.15) is 5.10 Å². The van der Waals surface area contributed by atoms with Gasteiger partial charge in [-0.3, -0.25) is 4.79 Å². The summed E-state index contributed by atoms with van der Waals surface area (Å²) >= 11 is 0. The zero-order valence-corrected chi connectivity index (χ0v) is 15.6. The predicted octanol–water partition coefficient (Wildman–Crippen LogP) is 3.27. The normalized spacial score (nSPS) is 12.1. The van der Waals surface area contributed by atoms with Crippen LogP contribution in [0.4, 0.5) is 0 Å². The minimum atomic E-state index is -0.244. The van der Waals surface area contributed by atoms with E-state index in [9.17, 15) is 4.79 Å². The summed E-state index contributed by atoms with van der Waals surface area (Å²) in [6.07, 6.45) is 7.05. The number of benzene rings is 3. The highest BCUT2D eigenvalue weighted by Crippen LogP contribution is 2.32. The topological polar surface area (TPSA) is 69.2 Å². The molecule has 0 saturated heterocycles. The number of amides is 1. The van der Waals surface area contributed by atoms with Gasteiger partial charge >= 0.3 is 0 Å². The first-order chi connectivity index (χ1) is 14.2. The van der Waals surface area contributed by atoms with Crippen LogP contribution in [0.15, 0.2) is 59.7 Å². The summed E-state index contributed by atoms with van der Waals surface area (Å²) in [5, 5.41) is 6.11. The molecule has 1 N–H and O–H groups in total. The van der Waals surface area contributed by atoms with Crippen molar-refractivity contribution in [1.29, 1.82) is 0 Å². The Kier molecular flexibility index (Phi) is 5.30. The van der Waals surface area contributed by atoms with Crippen LogP contribution in [0.3, 0.4) is 0 Å². The van der Waals surface area contributed by atoms with Crippen molar-refractivity contribution < 1.29 is 19.0 Å². The molecule has 0 bridgehead atoms. The molecule has 3 aromatic carbocycles. The number of hydrazone groups is 1. The third-order valence-electron chi connectivity index (χ3n) is 4.43. The number of ether oxygens (including phenoxy) is 3. The molecule has 0 atom stereocenters. The van der Waals surface area contributed by atoms with Crippen LogP contribution in [-0.4, -0.2) is 25.5 Å². The Balaban J connectivity index is 1.49. The van der Waals surface area contributed by atoms with E-state index < -0.39 is 0 Å². The third-order valence-corrected chi connectivity index (χ3v) is 4.43. The fourth-order valence-corrected chi connectivity index (χ4v) is 3.10. The molecular formula is C23H18N2O4. The second-order valence-corrected chi connectivity index (χ2v) is 6.35. The van der Waals surface area contributed by atoms with Gasteiger partial charge in [-0.1, -0.05) is 42.3 Å². The number of hydrogen-bond acceptors (Lipinski definition) is 5. The van der Waals surface area contributed by atoms with E-state index in [0.717, 1.165) is 21.9 Å². The SMILES string of the molecule is C#CCOc1ccc2ccccc2c1/C=N/NC(=O)Cc1ccc2c(c1)OCO2. The fraction of sp³-hybridized carbons (Fsp3) is 0.130. The molecule has 0 aliphatic carbocycles. The summed E-state index contributed by atoms with van der Waals surface area (Å²) in [4.78, 5) is 12.3. The molecule has 4 rings (SSSR count). The van der Waals surface area contributed by atoms with Crippen LogP contribution in [0.2, 0.25) is 0 Å². The first kappa shape index (κ1) is 18.4. The summed E-state index contributed by atoms with van der Waals surface area (Å²) in [5.74, 6) is 4.14. The van der Waals surface area contributed by atoms with Crippen LogP contribution in [-0.2, 0) is 11.2 Å². The van der Waals surface area contributed by atoms with Gasteiger partial charge in [0, 0.05) is 5.56 Å². The number of nitrogens with zero attached hydrogens (tertiary/aromatic N) is 1. The Morgan fingerprint density at radius 2 is 2.03 bits per heavy atom. The second kappa shape index (κ2) is 8.36. The second-order valence-electron chi connectivity index (χ2n) is 6.35. The lowest BCUT2D eigenvalue weighted by Gasteiger charge is -2.10. The van der Waals surface area contributed by atoms with Crippen molar-refractivity contribution in [2.75, 3.05) is 13.4 Å². The van der Waals surface area contributed by atoms with Crippen LogP contribution < -0.4 is 19.6 Å². The molecule has 0 fully saturated rings. The first-order valence-electron chi connectivity index (χ1n) is 9.03. The lowest BCUT2D eigenvalue weighted by atomic mass is 10.0. The Morgan fingerprint density at radius 1 is 1.17 bits per heavy atom. The van der Waals surface area contributed by atoms with Gasteiger partial charge in [0.2, 0.25) is 12.7 Å². The lowest BCUT2D eigenvalue weighted by molar-refractivity contribution is -0.120. The number of nitrogens with one attached hydrogen (secondary N) is 1. The number of rotatable bonds is 6. The number of terminal acetylenes is 1. The molecule has 1 aliphatic heterocycles. The van der Waals surface area contributed by atoms with Crippen molar-refractivity contribution in [3.8, 4) is 29.6 Å². The molecule has 6 heteroatoms. The molecule has 3 aromatic rings. The number of carbonyl (C=O) groups is 1. The first-order valence-corrected chi connectivity index (χ1v) is 9.03.